The second-order valence-corrected chi connectivity index (χ2v) is 4.39. The summed E-state index contributed by atoms with van der Waals surface area (Å²) in [5.41, 5.74) is 1.39. The first-order valence-electron chi connectivity index (χ1n) is 6.00. The van der Waals surface area contributed by atoms with Gasteiger partial charge in [-0.05, 0) is 24.6 Å². The molecule has 0 saturated heterocycles. The van der Waals surface area contributed by atoms with E-state index in [1.807, 2.05) is 13.0 Å². The third-order valence-electron chi connectivity index (χ3n) is 3.00. The third-order valence-corrected chi connectivity index (χ3v) is 3.00. The van der Waals surface area contributed by atoms with Crippen LogP contribution in [0.3, 0.4) is 0 Å². The average Bonchev–Trinajstić information content (AvgIpc) is 2.36. The minimum atomic E-state index is -0.185. The molecule has 5 nitrogen and oxygen atoms in total. The molecule has 0 bridgehead atoms. The summed E-state index contributed by atoms with van der Waals surface area (Å²) in [5, 5.41) is 3.69. The number of pyridine rings is 1. The maximum atomic E-state index is 11.4. The van der Waals surface area contributed by atoms with Crippen LogP contribution in [0.2, 0.25) is 0 Å². The first-order valence-corrected chi connectivity index (χ1v) is 6.00. The van der Waals surface area contributed by atoms with Crippen molar-refractivity contribution in [2.45, 2.75) is 19.9 Å². The summed E-state index contributed by atoms with van der Waals surface area (Å²) in [6.45, 7) is 3.37. The van der Waals surface area contributed by atoms with Crippen LogP contribution in [0.4, 0.5) is 0 Å². The molecule has 0 saturated carbocycles. The number of H-pyrrole nitrogens is 1. The number of benzene rings is 1. The van der Waals surface area contributed by atoms with Crippen molar-refractivity contribution in [2.75, 3.05) is 7.11 Å². The van der Waals surface area contributed by atoms with Crippen LogP contribution in [0.5, 0.6) is 5.75 Å². The van der Waals surface area contributed by atoms with Crippen LogP contribution in [0, 0.1) is 0 Å². The van der Waals surface area contributed by atoms with Gasteiger partial charge >= 0.3 is 0 Å². The molecule has 1 atom stereocenters. The summed E-state index contributed by atoms with van der Waals surface area (Å²) < 4.78 is 5.24. The van der Waals surface area contributed by atoms with E-state index in [-0.39, 0.29) is 17.5 Å². The molecule has 0 fully saturated rings. The highest BCUT2D eigenvalue weighted by Crippen LogP contribution is 2.29. The molecule has 1 amide bonds. The Balaban J connectivity index is 2.63. The second kappa shape index (κ2) is 5.14. The molecule has 0 aliphatic heterocycles. The molecule has 1 aromatic heterocycles. The Hall–Kier alpha value is -2.30. The van der Waals surface area contributed by atoms with Gasteiger partial charge in [0.2, 0.25) is 11.5 Å². The van der Waals surface area contributed by atoms with Crippen LogP contribution >= 0.6 is 0 Å². The van der Waals surface area contributed by atoms with Crippen LogP contribution < -0.4 is 15.6 Å². The minimum absolute atomic E-state index is 0.0964. The lowest BCUT2D eigenvalue weighted by Crippen LogP contribution is -2.24. The molecule has 0 aliphatic rings. The van der Waals surface area contributed by atoms with Gasteiger partial charge in [0, 0.05) is 18.4 Å². The quantitative estimate of drug-likeness (QED) is 0.883. The Labute approximate surface area is 110 Å². The van der Waals surface area contributed by atoms with Crippen molar-refractivity contribution < 1.29 is 9.53 Å². The summed E-state index contributed by atoms with van der Waals surface area (Å²) >= 11 is 0. The second-order valence-electron chi connectivity index (χ2n) is 4.39. The van der Waals surface area contributed by atoms with E-state index in [0.717, 1.165) is 10.9 Å². The summed E-state index contributed by atoms with van der Waals surface area (Å²) in [6, 6.07) is 6.74. The number of nitrogens with one attached hydrogen (secondary N) is 2. The molecule has 2 rings (SSSR count). The maximum Gasteiger partial charge on any atom is 0.248 e. The number of hydrogen-bond donors (Lipinski definition) is 2. The number of rotatable bonds is 3. The zero-order chi connectivity index (χ0) is 14.0. The Kier molecular flexibility index (Phi) is 3.55. The highest BCUT2D eigenvalue weighted by molar-refractivity contribution is 5.88. The molecule has 100 valence electrons. The Morgan fingerprint density at radius 1 is 1.32 bits per heavy atom. The first-order chi connectivity index (χ1) is 9.02. The normalized spacial score (nSPS) is 12.2. The van der Waals surface area contributed by atoms with E-state index in [9.17, 15) is 9.59 Å². The number of carbonyl (C=O) groups excluding carboxylic acids is 1. The zero-order valence-electron chi connectivity index (χ0n) is 11.1. The van der Waals surface area contributed by atoms with Crippen LogP contribution in [-0.4, -0.2) is 18.0 Å². The molecule has 1 unspecified atom stereocenters. The predicted octanol–water partition coefficient (Wildman–Crippen LogP) is 1.73. The highest BCUT2D eigenvalue weighted by atomic mass is 16.5. The minimum Gasteiger partial charge on any atom is -0.495 e. The molecule has 2 N–H and O–H groups in total. The lowest BCUT2D eigenvalue weighted by atomic mass is 10.0. The lowest BCUT2D eigenvalue weighted by Gasteiger charge is -2.16. The van der Waals surface area contributed by atoms with E-state index in [1.165, 1.54) is 13.0 Å². The first kappa shape index (κ1) is 13.1. The Morgan fingerprint density at radius 3 is 2.68 bits per heavy atom. The summed E-state index contributed by atoms with van der Waals surface area (Å²) in [6.07, 6.45) is 0. The van der Waals surface area contributed by atoms with Crippen molar-refractivity contribution in [3.05, 3.63) is 40.2 Å². The smallest absolute Gasteiger partial charge is 0.248 e. The molecular formula is C14H16N2O3. The Morgan fingerprint density at radius 2 is 2.05 bits per heavy atom. The van der Waals surface area contributed by atoms with E-state index >= 15 is 0 Å². The summed E-state index contributed by atoms with van der Waals surface area (Å²) in [5.74, 6) is 0.507. The van der Waals surface area contributed by atoms with Gasteiger partial charge in [-0.3, -0.25) is 9.59 Å². The summed E-state index contributed by atoms with van der Waals surface area (Å²) in [4.78, 5) is 25.3. The number of aromatic amines is 1. The van der Waals surface area contributed by atoms with Crippen molar-refractivity contribution in [3.63, 3.8) is 0 Å². The number of carbonyl (C=O) groups is 1. The maximum absolute atomic E-state index is 11.4. The number of aromatic nitrogens is 1. The highest BCUT2D eigenvalue weighted by Gasteiger charge is 2.13. The number of ether oxygens (including phenoxy) is 1. The third kappa shape index (κ3) is 2.59. The van der Waals surface area contributed by atoms with Gasteiger partial charge in [-0.1, -0.05) is 6.07 Å². The van der Waals surface area contributed by atoms with Gasteiger partial charge in [-0.15, -0.1) is 0 Å². The van der Waals surface area contributed by atoms with Crippen LogP contribution in [0.1, 0.15) is 25.5 Å². The SMILES string of the molecule is COc1ccc(C(C)NC(C)=O)c2ccc(=O)[nH]c12. The van der Waals surface area contributed by atoms with Crippen LogP contribution in [0.15, 0.2) is 29.1 Å². The van der Waals surface area contributed by atoms with E-state index in [0.29, 0.717) is 11.3 Å². The number of methoxy groups -OCH3 is 1. The average molecular weight is 260 g/mol. The van der Waals surface area contributed by atoms with Gasteiger partial charge < -0.3 is 15.0 Å². The fourth-order valence-electron chi connectivity index (χ4n) is 2.18. The van der Waals surface area contributed by atoms with Gasteiger partial charge in [-0.2, -0.15) is 0 Å². The number of hydrogen-bond acceptors (Lipinski definition) is 3. The fourth-order valence-corrected chi connectivity index (χ4v) is 2.18. The predicted molar refractivity (Wildman–Crippen MR) is 73.4 cm³/mol. The molecule has 5 heteroatoms. The van der Waals surface area contributed by atoms with Crippen molar-refractivity contribution >= 4 is 16.8 Å². The van der Waals surface area contributed by atoms with Crippen molar-refractivity contribution in [2.24, 2.45) is 0 Å². The molecule has 1 aromatic carbocycles. The van der Waals surface area contributed by atoms with E-state index in [1.54, 1.807) is 19.2 Å². The van der Waals surface area contributed by atoms with E-state index in [4.69, 9.17) is 4.74 Å². The molecule has 1 heterocycles. The summed E-state index contributed by atoms with van der Waals surface area (Å²) in [7, 11) is 1.55. The van der Waals surface area contributed by atoms with Gasteiger partial charge in [0.05, 0.1) is 18.7 Å². The number of amides is 1. The van der Waals surface area contributed by atoms with Crippen molar-refractivity contribution in [1.29, 1.82) is 0 Å². The van der Waals surface area contributed by atoms with Gasteiger partial charge in [0.25, 0.3) is 0 Å². The van der Waals surface area contributed by atoms with E-state index < -0.39 is 0 Å². The fraction of sp³-hybridized carbons (Fsp3) is 0.286. The van der Waals surface area contributed by atoms with Gasteiger partial charge in [0.1, 0.15) is 5.75 Å². The monoisotopic (exact) mass is 260 g/mol. The molecule has 0 spiro atoms. The topological polar surface area (TPSA) is 71.2 Å². The standard InChI is InChI=1S/C14H16N2O3/c1-8(15-9(2)17)10-4-6-12(19-3)14-11(10)5-7-13(18)16-14/h4-8H,1-3H3,(H,15,17)(H,16,18). The molecule has 0 aliphatic carbocycles. The molecule has 2 aromatic rings. The zero-order valence-corrected chi connectivity index (χ0v) is 11.1. The van der Waals surface area contributed by atoms with Gasteiger partial charge in [0.15, 0.2) is 0 Å². The Bertz CT molecular complexity index is 676. The largest absolute Gasteiger partial charge is 0.495 e. The van der Waals surface area contributed by atoms with Crippen LogP contribution in [0.25, 0.3) is 10.9 Å². The van der Waals surface area contributed by atoms with Crippen LogP contribution in [-0.2, 0) is 4.79 Å². The van der Waals surface area contributed by atoms with Crippen molar-refractivity contribution in [3.8, 4) is 5.75 Å². The number of fused-ring (bicyclic) bond motifs is 1. The van der Waals surface area contributed by atoms with E-state index in [2.05, 4.69) is 10.3 Å². The van der Waals surface area contributed by atoms with Gasteiger partial charge in [-0.25, -0.2) is 0 Å². The lowest BCUT2D eigenvalue weighted by molar-refractivity contribution is -0.119. The molecular weight excluding hydrogens is 244 g/mol. The molecule has 19 heavy (non-hydrogen) atoms. The molecule has 0 radical (unpaired) electrons. The van der Waals surface area contributed by atoms with Crippen molar-refractivity contribution in [1.82, 2.24) is 10.3 Å².